The van der Waals surface area contributed by atoms with Crippen molar-refractivity contribution in [3.8, 4) is 5.75 Å². The first-order valence-electron chi connectivity index (χ1n) is 6.29. The van der Waals surface area contributed by atoms with Gasteiger partial charge in [0.15, 0.2) is 0 Å². The van der Waals surface area contributed by atoms with Crippen molar-refractivity contribution in [3.05, 3.63) is 52.6 Å². The second-order valence-electron chi connectivity index (χ2n) is 5.14. The van der Waals surface area contributed by atoms with Crippen LogP contribution in [0.3, 0.4) is 0 Å². The summed E-state index contributed by atoms with van der Waals surface area (Å²) in [6.07, 6.45) is 8.82. The van der Waals surface area contributed by atoms with E-state index in [2.05, 4.69) is 30.4 Å². The highest BCUT2D eigenvalue weighted by molar-refractivity contribution is 5.62. The first-order chi connectivity index (χ1) is 8.86. The SMILES string of the molecule is COc1c2c(cc3c1[C@H]1C=C[C@H]3O1)[C@H]1C=C[C@H]2O1. The van der Waals surface area contributed by atoms with Gasteiger partial charge in [-0.05, 0) is 17.2 Å². The van der Waals surface area contributed by atoms with Gasteiger partial charge in [0.2, 0.25) is 0 Å². The van der Waals surface area contributed by atoms with Crippen LogP contribution in [-0.4, -0.2) is 7.11 Å². The maximum Gasteiger partial charge on any atom is 0.131 e. The molecule has 18 heavy (non-hydrogen) atoms. The predicted octanol–water partition coefficient (Wildman–Crippen LogP) is 3.06. The van der Waals surface area contributed by atoms with E-state index in [4.69, 9.17) is 14.2 Å². The highest BCUT2D eigenvalue weighted by atomic mass is 16.5. The fourth-order valence-corrected chi connectivity index (χ4v) is 3.59. The van der Waals surface area contributed by atoms with E-state index in [1.54, 1.807) is 7.11 Å². The second kappa shape index (κ2) is 2.87. The molecule has 0 fully saturated rings. The molecule has 4 aliphatic rings. The topological polar surface area (TPSA) is 27.7 Å². The molecule has 1 aromatic carbocycles. The van der Waals surface area contributed by atoms with Crippen LogP contribution >= 0.6 is 0 Å². The third kappa shape index (κ3) is 0.877. The minimum Gasteiger partial charge on any atom is -0.496 e. The molecular weight excluding hydrogens is 228 g/mol. The zero-order valence-corrected chi connectivity index (χ0v) is 9.92. The van der Waals surface area contributed by atoms with Crippen molar-refractivity contribution in [2.24, 2.45) is 0 Å². The zero-order valence-electron chi connectivity index (χ0n) is 9.92. The lowest BCUT2D eigenvalue weighted by molar-refractivity contribution is 0.0823. The lowest BCUT2D eigenvalue weighted by Gasteiger charge is -2.19. The molecule has 0 N–H and O–H groups in total. The Kier molecular flexibility index (Phi) is 1.49. The van der Waals surface area contributed by atoms with Crippen molar-refractivity contribution >= 4 is 0 Å². The number of hydrogen-bond donors (Lipinski definition) is 0. The Morgan fingerprint density at radius 2 is 1.33 bits per heavy atom. The van der Waals surface area contributed by atoms with Crippen molar-refractivity contribution < 1.29 is 14.2 Å². The first kappa shape index (κ1) is 9.36. The number of rotatable bonds is 1. The molecule has 0 aromatic heterocycles. The van der Waals surface area contributed by atoms with Crippen LogP contribution in [0, 0.1) is 0 Å². The van der Waals surface area contributed by atoms with Crippen LogP contribution in [-0.2, 0) is 9.47 Å². The molecule has 0 radical (unpaired) electrons. The van der Waals surface area contributed by atoms with Crippen LogP contribution in [0.1, 0.15) is 46.7 Å². The van der Waals surface area contributed by atoms with Crippen molar-refractivity contribution in [2.75, 3.05) is 7.11 Å². The summed E-state index contributed by atoms with van der Waals surface area (Å²) in [4.78, 5) is 0. The van der Waals surface area contributed by atoms with E-state index in [1.807, 2.05) is 0 Å². The number of ether oxygens (including phenoxy) is 3. The summed E-state index contributed by atoms with van der Waals surface area (Å²) in [6, 6.07) is 2.25. The zero-order chi connectivity index (χ0) is 11.9. The van der Waals surface area contributed by atoms with Gasteiger partial charge in [0.05, 0.1) is 7.11 Å². The number of hydrogen-bond acceptors (Lipinski definition) is 3. The summed E-state index contributed by atoms with van der Waals surface area (Å²) in [7, 11) is 1.74. The monoisotopic (exact) mass is 240 g/mol. The van der Waals surface area contributed by atoms with Gasteiger partial charge in [0.1, 0.15) is 30.2 Å². The summed E-state index contributed by atoms with van der Waals surface area (Å²) < 4.78 is 17.5. The molecule has 1 aromatic rings. The Hall–Kier alpha value is -1.58. The molecule has 4 heterocycles. The van der Waals surface area contributed by atoms with Gasteiger partial charge in [-0.2, -0.15) is 0 Å². The van der Waals surface area contributed by atoms with E-state index in [9.17, 15) is 0 Å². The summed E-state index contributed by atoms with van der Waals surface area (Å²) in [5, 5.41) is 0. The molecule has 0 spiro atoms. The molecular formula is C15H12O3. The lowest BCUT2D eigenvalue weighted by Crippen LogP contribution is -2.05. The fraction of sp³-hybridized carbons (Fsp3) is 0.333. The van der Waals surface area contributed by atoms with Gasteiger partial charge in [-0.25, -0.2) is 0 Å². The molecule has 0 saturated heterocycles. The Bertz CT molecular complexity index is 579. The average molecular weight is 240 g/mol. The standard InChI is InChI=1S/C15H12O3/c1-16-15-13-7(9-2-4-11(13)17-9)6-8-10-3-5-12(18-10)14(8)15/h2-6,9-12H,1H3/t9-,10-,11-,12-/m1/s1. The third-order valence-corrected chi connectivity index (χ3v) is 4.32. The van der Waals surface area contributed by atoms with Crippen molar-refractivity contribution in [2.45, 2.75) is 24.4 Å². The van der Waals surface area contributed by atoms with Crippen LogP contribution in [0.15, 0.2) is 30.4 Å². The van der Waals surface area contributed by atoms with E-state index in [0.29, 0.717) is 0 Å². The Labute approximate surface area is 105 Å². The minimum absolute atomic E-state index is 0.0633. The van der Waals surface area contributed by atoms with Gasteiger partial charge in [0.25, 0.3) is 0 Å². The maximum atomic E-state index is 5.90. The van der Waals surface area contributed by atoms with Gasteiger partial charge in [-0.1, -0.05) is 24.3 Å². The number of methoxy groups -OCH3 is 1. The quantitative estimate of drug-likeness (QED) is 0.706. The largest absolute Gasteiger partial charge is 0.496 e. The van der Waals surface area contributed by atoms with Crippen molar-refractivity contribution in [1.82, 2.24) is 0 Å². The molecule has 0 unspecified atom stereocenters. The minimum atomic E-state index is 0.0633. The van der Waals surface area contributed by atoms with Gasteiger partial charge >= 0.3 is 0 Å². The predicted molar refractivity (Wildman–Crippen MR) is 64.4 cm³/mol. The number of benzene rings is 1. The highest BCUT2D eigenvalue weighted by Crippen LogP contribution is 2.57. The smallest absolute Gasteiger partial charge is 0.131 e. The molecule has 5 rings (SSSR count). The van der Waals surface area contributed by atoms with Crippen LogP contribution in [0.25, 0.3) is 0 Å². The van der Waals surface area contributed by atoms with E-state index < -0.39 is 0 Å². The molecule has 4 bridgehead atoms. The Balaban J connectivity index is 1.84. The highest BCUT2D eigenvalue weighted by Gasteiger charge is 2.44. The molecule has 0 saturated carbocycles. The van der Waals surface area contributed by atoms with E-state index in [0.717, 1.165) is 5.75 Å². The number of fused-ring (bicyclic) bond motifs is 10. The molecule has 3 nitrogen and oxygen atoms in total. The molecule has 90 valence electrons. The molecule has 3 heteroatoms. The molecule has 0 aliphatic carbocycles. The Morgan fingerprint density at radius 1 is 0.833 bits per heavy atom. The van der Waals surface area contributed by atoms with Crippen molar-refractivity contribution in [1.29, 1.82) is 0 Å². The molecule has 4 atom stereocenters. The van der Waals surface area contributed by atoms with Crippen LogP contribution in [0.4, 0.5) is 0 Å². The normalized spacial score (nSPS) is 36.3. The van der Waals surface area contributed by atoms with Gasteiger partial charge in [-0.15, -0.1) is 0 Å². The van der Waals surface area contributed by atoms with Crippen LogP contribution < -0.4 is 4.74 Å². The molecule has 0 amide bonds. The van der Waals surface area contributed by atoms with Gasteiger partial charge in [-0.3, -0.25) is 0 Å². The van der Waals surface area contributed by atoms with Crippen LogP contribution in [0.2, 0.25) is 0 Å². The summed E-state index contributed by atoms with van der Waals surface area (Å²) in [6.45, 7) is 0. The van der Waals surface area contributed by atoms with Crippen molar-refractivity contribution in [3.63, 3.8) is 0 Å². The fourth-order valence-electron chi connectivity index (χ4n) is 3.59. The summed E-state index contributed by atoms with van der Waals surface area (Å²) >= 11 is 0. The van der Waals surface area contributed by atoms with Crippen LogP contribution in [0.5, 0.6) is 5.75 Å². The van der Waals surface area contributed by atoms with E-state index >= 15 is 0 Å². The molecule has 4 aliphatic heterocycles. The first-order valence-corrected chi connectivity index (χ1v) is 6.29. The van der Waals surface area contributed by atoms with E-state index in [1.165, 1.54) is 22.3 Å². The average Bonchev–Trinajstić information content (AvgIpc) is 3.15. The van der Waals surface area contributed by atoms with Gasteiger partial charge < -0.3 is 14.2 Å². The third-order valence-electron chi connectivity index (χ3n) is 4.32. The van der Waals surface area contributed by atoms with E-state index in [-0.39, 0.29) is 24.4 Å². The summed E-state index contributed by atoms with van der Waals surface area (Å²) in [5.74, 6) is 0.969. The lowest BCUT2D eigenvalue weighted by atomic mass is 9.86. The van der Waals surface area contributed by atoms with Gasteiger partial charge in [0, 0.05) is 11.1 Å². The summed E-state index contributed by atoms with van der Waals surface area (Å²) in [5.41, 5.74) is 4.91. The second-order valence-corrected chi connectivity index (χ2v) is 5.14. The Morgan fingerprint density at radius 3 is 1.83 bits per heavy atom. The maximum absolute atomic E-state index is 5.90.